The van der Waals surface area contributed by atoms with Gasteiger partial charge in [0.15, 0.2) is 0 Å². The van der Waals surface area contributed by atoms with E-state index in [0.717, 1.165) is 37.4 Å². The quantitative estimate of drug-likeness (QED) is 0.338. The molecule has 8 heteroatoms. The molecular weight excluding hydrogens is 466 g/mol. The Morgan fingerprint density at radius 3 is 2.43 bits per heavy atom. The summed E-state index contributed by atoms with van der Waals surface area (Å²) in [4.78, 5) is 27.9. The number of piperidine rings is 1. The normalized spacial score (nSPS) is 16.0. The molecule has 0 atom stereocenters. The molecule has 1 aliphatic heterocycles. The van der Waals surface area contributed by atoms with Crippen LogP contribution in [0.15, 0.2) is 77.7 Å². The van der Waals surface area contributed by atoms with Gasteiger partial charge in [-0.05, 0) is 82.1 Å². The van der Waals surface area contributed by atoms with Gasteiger partial charge < -0.3 is 30.9 Å². The van der Waals surface area contributed by atoms with E-state index in [1.165, 1.54) is 19.3 Å². The molecule has 196 valence electrons. The summed E-state index contributed by atoms with van der Waals surface area (Å²) >= 11 is 0. The van der Waals surface area contributed by atoms with Gasteiger partial charge in [-0.1, -0.05) is 30.7 Å². The van der Waals surface area contributed by atoms with Crippen LogP contribution < -0.4 is 21.3 Å². The fraction of sp³-hybridized carbons (Fsp3) is 0.379. The van der Waals surface area contributed by atoms with Gasteiger partial charge in [0.1, 0.15) is 5.76 Å². The first-order chi connectivity index (χ1) is 18.1. The number of para-hydroxylation sites is 1. The monoisotopic (exact) mass is 503 g/mol. The van der Waals surface area contributed by atoms with E-state index in [0.29, 0.717) is 42.1 Å². The Morgan fingerprint density at radius 1 is 0.892 bits per heavy atom. The summed E-state index contributed by atoms with van der Waals surface area (Å²) in [5.41, 5.74) is 3.83. The zero-order valence-corrected chi connectivity index (χ0v) is 21.5. The molecule has 8 nitrogen and oxygen atoms in total. The van der Waals surface area contributed by atoms with Gasteiger partial charge in [0, 0.05) is 35.4 Å². The van der Waals surface area contributed by atoms with E-state index < -0.39 is 0 Å². The zero-order valence-electron chi connectivity index (χ0n) is 21.5. The number of urea groups is 1. The van der Waals surface area contributed by atoms with Crippen LogP contribution in [0.3, 0.4) is 0 Å². The summed E-state index contributed by atoms with van der Waals surface area (Å²) < 4.78 is 5.48. The molecule has 0 unspecified atom stereocenters. The lowest BCUT2D eigenvalue weighted by Crippen LogP contribution is -2.34. The van der Waals surface area contributed by atoms with E-state index in [4.69, 9.17) is 4.74 Å². The molecule has 0 saturated carbocycles. The smallest absolute Gasteiger partial charge is 0.323 e. The highest BCUT2D eigenvalue weighted by molar-refractivity contribution is 5.95. The fourth-order valence-corrected chi connectivity index (χ4v) is 4.67. The van der Waals surface area contributed by atoms with Crippen molar-refractivity contribution in [2.24, 2.45) is 0 Å². The van der Waals surface area contributed by atoms with E-state index in [9.17, 15) is 9.59 Å². The molecule has 2 aliphatic rings. The minimum absolute atomic E-state index is 0.0991. The Labute approximate surface area is 219 Å². The van der Waals surface area contributed by atoms with Crippen molar-refractivity contribution in [1.29, 1.82) is 0 Å². The molecular formula is C29H37N5O3. The van der Waals surface area contributed by atoms with Crippen LogP contribution in [0.2, 0.25) is 0 Å². The first kappa shape index (κ1) is 26.3. The predicted molar refractivity (Wildman–Crippen MR) is 148 cm³/mol. The van der Waals surface area contributed by atoms with Crippen LogP contribution in [0.5, 0.6) is 0 Å². The molecule has 1 fully saturated rings. The largest absolute Gasteiger partial charge is 0.496 e. The summed E-state index contributed by atoms with van der Waals surface area (Å²) in [6, 6.07) is 17.0. The molecule has 0 radical (unpaired) electrons. The second-order valence-corrected chi connectivity index (χ2v) is 9.38. The highest BCUT2D eigenvalue weighted by Crippen LogP contribution is 2.24. The second kappa shape index (κ2) is 13.5. The molecule has 1 saturated heterocycles. The summed E-state index contributed by atoms with van der Waals surface area (Å²) in [5.74, 6) is 0.391. The minimum atomic E-state index is -0.343. The second-order valence-electron chi connectivity index (χ2n) is 9.38. The summed E-state index contributed by atoms with van der Waals surface area (Å²) in [6.07, 6.45) is 7.60. The van der Waals surface area contributed by atoms with Crippen molar-refractivity contribution in [2.75, 3.05) is 43.9 Å². The van der Waals surface area contributed by atoms with Gasteiger partial charge in [-0.2, -0.15) is 0 Å². The Hall–Kier alpha value is -3.78. The number of anilines is 3. The first-order valence-electron chi connectivity index (χ1n) is 13.1. The molecule has 0 aromatic heterocycles. The number of benzene rings is 2. The van der Waals surface area contributed by atoms with E-state index in [1.807, 2.05) is 54.6 Å². The van der Waals surface area contributed by atoms with Gasteiger partial charge in [-0.3, -0.25) is 4.79 Å². The molecule has 3 amide bonds. The lowest BCUT2D eigenvalue weighted by molar-refractivity contribution is -0.117. The van der Waals surface area contributed by atoms with Crippen molar-refractivity contribution in [2.45, 2.75) is 38.5 Å². The molecule has 2 aromatic carbocycles. The Balaban J connectivity index is 1.27. The van der Waals surface area contributed by atoms with E-state index >= 15 is 0 Å². The number of ether oxygens (including phenoxy) is 1. The van der Waals surface area contributed by atoms with Crippen LogP contribution in [-0.4, -0.2) is 50.1 Å². The van der Waals surface area contributed by atoms with E-state index in [1.54, 1.807) is 13.2 Å². The first-order valence-corrected chi connectivity index (χ1v) is 13.1. The van der Waals surface area contributed by atoms with Crippen molar-refractivity contribution < 1.29 is 14.3 Å². The van der Waals surface area contributed by atoms with Crippen molar-refractivity contribution >= 4 is 29.0 Å². The number of amides is 3. The lowest BCUT2D eigenvalue weighted by Gasteiger charge is -2.26. The maximum absolute atomic E-state index is 12.8. The van der Waals surface area contributed by atoms with Gasteiger partial charge in [-0.25, -0.2) is 4.79 Å². The lowest BCUT2D eigenvalue weighted by atomic mass is 10.00. The van der Waals surface area contributed by atoms with Crippen molar-refractivity contribution in [1.82, 2.24) is 15.5 Å². The average molecular weight is 504 g/mol. The number of hydrogen-bond donors (Lipinski definition) is 4. The summed E-state index contributed by atoms with van der Waals surface area (Å²) in [7, 11) is 1.55. The number of allylic oxidation sites excluding steroid dienone is 2. The Morgan fingerprint density at radius 2 is 1.65 bits per heavy atom. The van der Waals surface area contributed by atoms with Gasteiger partial charge >= 0.3 is 6.03 Å². The zero-order chi connectivity index (χ0) is 25.9. The molecule has 0 bridgehead atoms. The highest BCUT2D eigenvalue weighted by atomic mass is 16.5. The number of hydrogen-bond acceptors (Lipinski definition) is 5. The van der Waals surface area contributed by atoms with Gasteiger partial charge in [0.05, 0.1) is 12.7 Å². The number of nitrogens with one attached hydrogen (secondary N) is 4. The standard InChI is InChI=1S/C29H37N5O3/c1-37-27-21-25(14-15-26(27)28(35)30-16-9-19-34-17-6-3-7-18-34)33-29(36)32-24-13-8-12-23(20-24)31-22-10-4-2-5-11-22/h2,4-5,8,10-13,20-21,31H,3,6-7,9,14-19H2,1H3,(H,30,35)(H2,32,33,36). The number of methoxy groups -OCH3 is 1. The fourth-order valence-electron chi connectivity index (χ4n) is 4.67. The maximum Gasteiger partial charge on any atom is 0.323 e. The van der Waals surface area contributed by atoms with Gasteiger partial charge in [0.25, 0.3) is 5.91 Å². The third-order valence-electron chi connectivity index (χ3n) is 6.58. The SMILES string of the molecule is COC1=C(C(=O)NCCCN2CCCCC2)CCC(NC(=O)Nc2cccc(Nc3ccccc3)c2)=C1. The van der Waals surface area contributed by atoms with E-state index in [2.05, 4.69) is 26.2 Å². The van der Waals surface area contributed by atoms with Crippen LogP contribution in [0, 0.1) is 0 Å². The summed E-state index contributed by atoms with van der Waals surface area (Å²) in [5, 5.41) is 12.1. The van der Waals surface area contributed by atoms with Crippen LogP contribution >= 0.6 is 0 Å². The highest BCUT2D eigenvalue weighted by Gasteiger charge is 2.21. The Bertz CT molecular complexity index is 1120. The van der Waals surface area contributed by atoms with Gasteiger partial charge in [-0.15, -0.1) is 0 Å². The number of carbonyl (C=O) groups excluding carboxylic acids is 2. The van der Waals surface area contributed by atoms with Crippen LogP contribution in [-0.2, 0) is 9.53 Å². The van der Waals surface area contributed by atoms with Crippen molar-refractivity contribution in [3.05, 3.63) is 77.7 Å². The van der Waals surface area contributed by atoms with Crippen LogP contribution in [0.25, 0.3) is 0 Å². The van der Waals surface area contributed by atoms with Gasteiger partial charge in [0.2, 0.25) is 0 Å². The van der Waals surface area contributed by atoms with Crippen LogP contribution in [0.4, 0.5) is 21.9 Å². The van der Waals surface area contributed by atoms with Crippen LogP contribution in [0.1, 0.15) is 38.5 Å². The Kier molecular flexibility index (Phi) is 9.60. The molecule has 4 N–H and O–H groups in total. The molecule has 4 rings (SSSR count). The third kappa shape index (κ3) is 8.11. The number of nitrogens with zero attached hydrogens (tertiary/aromatic N) is 1. The molecule has 0 spiro atoms. The van der Waals surface area contributed by atoms with Crippen molar-refractivity contribution in [3.8, 4) is 0 Å². The van der Waals surface area contributed by atoms with E-state index in [-0.39, 0.29) is 11.9 Å². The minimum Gasteiger partial charge on any atom is -0.496 e. The number of likely N-dealkylation sites (tertiary alicyclic amines) is 1. The topological polar surface area (TPSA) is 94.7 Å². The maximum atomic E-state index is 12.8. The van der Waals surface area contributed by atoms with Crippen molar-refractivity contribution in [3.63, 3.8) is 0 Å². The summed E-state index contributed by atoms with van der Waals surface area (Å²) in [6.45, 7) is 3.99. The third-order valence-corrected chi connectivity index (χ3v) is 6.58. The number of rotatable bonds is 10. The number of carbonyl (C=O) groups is 2. The molecule has 2 aromatic rings. The average Bonchev–Trinajstić information content (AvgIpc) is 2.92. The predicted octanol–water partition coefficient (Wildman–Crippen LogP) is 5.12. The molecule has 1 heterocycles. The molecule has 1 aliphatic carbocycles. The molecule has 37 heavy (non-hydrogen) atoms.